The van der Waals surface area contributed by atoms with Crippen LogP contribution in [0.5, 0.6) is 0 Å². The molecule has 2 aromatic heterocycles. The molecule has 0 saturated carbocycles. The molecule has 0 fully saturated rings. The lowest BCUT2D eigenvalue weighted by molar-refractivity contribution is 0.936. The van der Waals surface area contributed by atoms with Gasteiger partial charge < -0.3 is 0 Å². The van der Waals surface area contributed by atoms with E-state index < -0.39 is 0 Å². The third-order valence-electron chi connectivity index (χ3n) is 3.94. The molecule has 118 valence electrons. The topological polar surface area (TPSA) is 47.3 Å². The van der Waals surface area contributed by atoms with Crippen LogP contribution in [-0.4, -0.2) is 14.6 Å². The molecule has 0 radical (unpaired) electrons. The van der Waals surface area contributed by atoms with Gasteiger partial charge in [-0.15, -0.1) is 5.10 Å². The van der Waals surface area contributed by atoms with Crippen molar-refractivity contribution >= 4 is 22.4 Å². The molecule has 0 amide bonds. The van der Waals surface area contributed by atoms with Gasteiger partial charge in [0, 0.05) is 5.56 Å². The number of rotatable bonds is 2. The predicted octanol–water partition coefficient (Wildman–Crippen LogP) is 2.98. The Balaban J connectivity index is 1.83. The summed E-state index contributed by atoms with van der Waals surface area (Å²) < 4.78 is 2.04. The first-order valence-electron chi connectivity index (χ1n) is 7.66. The maximum Gasteiger partial charge on any atom is 0.291 e. The van der Waals surface area contributed by atoms with E-state index in [0.29, 0.717) is 15.3 Å². The quantitative estimate of drug-likeness (QED) is 0.566. The molecule has 0 aliphatic carbocycles. The van der Waals surface area contributed by atoms with E-state index in [-0.39, 0.29) is 5.56 Å². The molecule has 0 unspecified atom stereocenters. The molecule has 0 bridgehead atoms. The number of thiazole rings is 1. The maximum atomic E-state index is 12.6. The van der Waals surface area contributed by atoms with Crippen LogP contribution in [0.1, 0.15) is 16.7 Å². The molecule has 4 rings (SSSR count). The minimum Gasteiger partial charge on any atom is -0.266 e. The Hall–Kier alpha value is -2.79. The van der Waals surface area contributed by atoms with Crippen molar-refractivity contribution in [1.29, 1.82) is 0 Å². The lowest BCUT2D eigenvalue weighted by Gasteiger charge is -1.98. The van der Waals surface area contributed by atoms with Crippen molar-refractivity contribution in [3.05, 3.63) is 80.1 Å². The highest BCUT2D eigenvalue weighted by Crippen LogP contribution is 2.20. The maximum absolute atomic E-state index is 12.6. The zero-order chi connectivity index (χ0) is 16.7. The standard InChI is InChI=1S/C19H15N3OS/c1-12-7-9-14(10-8-12)11-16-18(23)22-19(24-16)20-17(21-22)15-6-4-3-5-13(15)2/h3-11H,1-2H3/b16-11-. The molecule has 4 nitrogen and oxygen atoms in total. The summed E-state index contributed by atoms with van der Waals surface area (Å²) in [6.07, 6.45) is 1.89. The molecule has 5 heteroatoms. The van der Waals surface area contributed by atoms with E-state index in [1.165, 1.54) is 21.4 Å². The van der Waals surface area contributed by atoms with Crippen LogP contribution < -0.4 is 10.1 Å². The summed E-state index contributed by atoms with van der Waals surface area (Å²) in [5.74, 6) is 0.596. The Morgan fingerprint density at radius 1 is 1.04 bits per heavy atom. The average Bonchev–Trinajstić information content (AvgIpc) is 3.10. The van der Waals surface area contributed by atoms with E-state index >= 15 is 0 Å². The highest BCUT2D eigenvalue weighted by atomic mass is 32.1. The molecular formula is C19H15N3OS. The van der Waals surface area contributed by atoms with Gasteiger partial charge in [-0.05, 0) is 31.1 Å². The van der Waals surface area contributed by atoms with Crippen molar-refractivity contribution in [3.63, 3.8) is 0 Å². The molecule has 2 heterocycles. The predicted molar refractivity (Wildman–Crippen MR) is 97.3 cm³/mol. The van der Waals surface area contributed by atoms with Crippen LogP contribution in [0.3, 0.4) is 0 Å². The van der Waals surface area contributed by atoms with Gasteiger partial charge in [0.15, 0.2) is 5.82 Å². The average molecular weight is 333 g/mol. The first-order chi connectivity index (χ1) is 11.6. The fraction of sp³-hybridized carbons (Fsp3) is 0.105. The number of aryl methyl sites for hydroxylation is 2. The van der Waals surface area contributed by atoms with Crippen molar-refractivity contribution in [1.82, 2.24) is 14.6 Å². The zero-order valence-corrected chi connectivity index (χ0v) is 14.2. The van der Waals surface area contributed by atoms with Gasteiger partial charge in [-0.1, -0.05) is 65.4 Å². The van der Waals surface area contributed by atoms with E-state index in [4.69, 9.17) is 0 Å². The van der Waals surface area contributed by atoms with Crippen LogP contribution in [0.25, 0.3) is 22.4 Å². The lowest BCUT2D eigenvalue weighted by atomic mass is 10.1. The van der Waals surface area contributed by atoms with Crippen LogP contribution in [0.2, 0.25) is 0 Å². The van der Waals surface area contributed by atoms with E-state index in [9.17, 15) is 4.79 Å². The Morgan fingerprint density at radius 2 is 1.79 bits per heavy atom. The van der Waals surface area contributed by atoms with Crippen LogP contribution >= 0.6 is 11.3 Å². The van der Waals surface area contributed by atoms with Gasteiger partial charge in [0.05, 0.1) is 4.53 Å². The molecule has 0 saturated heterocycles. The first-order valence-corrected chi connectivity index (χ1v) is 8.47. The number of benzene rings is 2. The third-order valence-corrected chi connectivity index (χ3v) is 4.90. The second-order valence-electron chi connectivity index (χ2n) is 5.77. The highest BCUT2D eigenvalue weighted by Gasteiger charge is 2.13. The summed E-state index contributed by atoms with van der Waals surface area (Å²) in [6.45, 7) is 4.05. The molecule has 2 aromatic carbocycles. The SMILES string of the molecule is Cc1ccc(/C=c2\sc3nc(-c4ccccc4C)nn3c2=O)cc1. The highest BCUT2D eigenvalue weighted by molar-refractivity contribution is 7.15. The summed E-state index contributed by atoms with van der Waals surface area (Å²) in [5, 5.41) is 4.40. The normalized spacial score (nSPS) is 12.2. The van der Waals surface area contributed by atoms with Crippen molar-refractivity contribution in [2.75, 3.05) is 0 Å². The van der Waals surface area contributed by atoms with Crippen LogP contribution in [0, 0.1) is 13.8 Å². The first kappa shape index (κ1) is 14.8. The number of hydrogen-bond acceptors (Lipinski definition) is 4. The van der Waals surface area contributed by atoms with Gasteiger partial charge in [-0.3, -0.25) is 4.79 Å². The third kappa shape index (κ3) is 2.53. The summed E-state index contributed by atoms with van der Waals surface area (Å²) in [4.78, 5) is 17.7. The van der Waals surface area contributed by atoms with E-state index in [1.807, 2.05) is 68.5 Å². The summed E-state index contributed by atoms with van der Waals surface area (Å²) >= 11 is 1.37. The van der Waals surface area contributed by atoms with Crippen LogP contribution in [-0.2, 0) is 0 Å². The fourth-order valence-corrected chi connectivity index (χ4v) is 3.49. The van der Waals surface area contributed by atoms with Gasteiger partial charge in [0.25, 0.3) is 5.56 Å². The molecule has 4 aromatic rings. The molecular weight excluding hydrogens is 318 g/mol. The molecule has 0 N–H and O–H groups in total. The fourth-order valence-electron chi connectivity index (χ4n) is 2.59. The number of aromatic nitrogens is 3. The van der Waals surface area contributed by atoms with Gasteiger partial charge in [-0.2, -0.15) is 9.50 Å². The van der Waals surface area contributed by atoms with E-state index in [2.05, 4.69) is 10.1 Å². The van der Waals surface area contributed by atoms with Crippen LogP contribution in [0.4, 0.5) is 0 Å². The monoisotopic (exact) mass is 333 g/mol. The van der Waals surface area contributed by atoms with Crippen molar-refractivity contribution < 1.29 is 0 Å². The summed E-state index contributed by atoms with van der Waals surface area (Å²) in [5.41, 5.74) is 4.12. The molecule has 0 aliphatic rings. The summed E-state index contributed by atoms with van der Waals surface area (Å²) in [6, 6.07) is 16.0. The zero-order valence-electron chi connectivity index (χ0n) is 13.4. The molecule has 0 aliphatic heterocycles. The van der Waals surface area contributed by atoms with E-state index in [1.54, 1.807) is 0 Å². The van der Waals surface area contributed by atoms with Crippen LogP contribution in [0.15, 0.2) is 53.3 Å². The minimum atomic E-state index is -0.122. The van der Waals surface area contributed by atoms with Crippen molar-refractivity contribution in [2.45, 2.75) is 13.8 Å². The van der Waals surface area contributed by atoms with Crippen molar-refractivity contribution in [2.24, 2.45) is 0 Å². The second kappa shape index (κ2) is 5.69. The Kier molecular flexibility index (Phi) is 3.50. The van der Waals surface area contributed by atoms with E-state index in [0.717, 1.165) is 16.7 Å². The Bertz CT molecular complexity index is 1140. The number of hydrogen-bond donors (Lipinski definition) is 0. The largest absolute Gasteiger partial charge is 0.291 e. The second-order valence-corrected chi connectivity index (χ2v) is 6.78. The van der Waals surface area contributed by atoms with Gasteiger partial charge in [-0.25, -0.2) is 0 Å². The van der Waals surface area contributed by atoms with Gasteiger partial charge in [0.1, 0.15) is 0 Å². The number of nitrogens with zero attached hydrogens (tertiary/aromatic N) is 3. The summed E-state index contributed by atoms with van der Waals surface area (Å²) in [7, 11) is 0. The molecule has 24 heavy (non-hydrogen) atoms. The molecule has 0 atom stereocenters. The Labute approximate surface area is 142 Å². The molecule has 0 spiro atoms. The minimum absolute atomic E-state index is 0.122. The smallest absolute Gasteiger partial charge is 0.266 e. The van der Waals surface area contributed by atoms with Gasteiger partial charge in [0.2, 0.25) is 4.96 Å². The van der Waals surface area contributed by atoms with Crippen molar-refractivity contribution in [3.8, 4) is 11.4 Å². The van der Waals surface area contributed by atoms with Gasteiger partial charge >= 0.3 is 0 Å². The number of fused-ring (bicyclic) bond motifs is 1. The Morgan fingerprint density at radius 3 is 2.50 bits per heavy atom. The lowest BCUT2D eigenvalue weighted by Crippen LogP contribution is -2.23.